The van der Waals surface area contributed by atoms with E-state index in [1.807, 2.05) is 12.4 Å². The summed E-state index contributed by atoms with van der Waals surface area (Å²) >= 11 is 0. The maximum Gasteiger partial charge on any atom is 0.243 e. The van der Waals surface area contributed by atoms with Gasteiger partial charge in [0.2, 0.25) is 10.0 Å². The third kappa shape index (κ3) is 4.30. The number of rotatable bonds is 7. The molecule has 0 aliphatic carbocycles. The Hall–Kier alpha value is -1.99. The number of hydrogen-bond donors (Lipinski definition) is 0. The van der Waals surface area contributed by atoms with Crippen molar-refractivity contribution in [3.63, 3.8) is 0 Å². The van der Waals surface area contributed by atoms with Gasteiger partial charge in [-0.05, 0) is 38.3 Å². The van der Waals surface area contributed by atoms with Gasteiger partial charge in [0.15, 0.2) is 5.78 Å². The summed E-state index contributed by atoms with van der Waals surface area (Å²) in [7, 11) is -3.53. The predicted octanol–water partition coefficient (Wildman–Crippen LogP) is 3.45. The van der Waals surface area contributed by atoms with E-state index in [4.69, 9.17) is 0 Å². The van der Waals surface area contributed by atoms with E-state index in [-0.39, 0.29) is 10.7 Å². The van der Waals surface area contributed by atoms with Gasteiger partial charge >= 0.3 is 0 Å². The molecule has 1 fully saturated rings. The van der Waals surface area contributed by atoms with Crippen molar-refractivity contribution in [1.82, 2.24) is 13.9 Å². The van der Waals surface area contributed by atoms with Gasteiger partial charge in [0.25, 0.3) is 0 Å². The van der Waals surface area contributed by atoms with Crippen molar-refractivity contribution >= 4 is 15.8 Å². The number of nitrogens with zero attached hydrogens (tertiary/aromatic N) is 3. The van der Waals surface area contributed by atoms with Gasteiger partial charge in [0.1, 0.15) is 5.82 Å². The Labute approximate surface area is 161 Å². The van der Waals surface area contributed by atoms with Gasteiger partial charge in [-0.3, -0.25) is 4.79 Å². The lowest BCUT2D eigenvalue weighted by Crippen LogP contribution is -2.38. The Kier molecular flexibility index (Phi) is 6.11. The van der Waals surface area contributed by atoms with Gasteiger partial charge < -0.3 is 4.57 Å². The summed E-state index contributed by atoms with van der Waals surface area (Å²) in [5, 5.41) is 0. The number of unbranched alkanes of at least 4 members (excludes halogenated alkanes) is 1. The van der Waals surface area contributed by atoms with Crippen LogP contribution < -0.4 is 0 Å². The first-order chi connectivity index (χ1) is 12.9. The fraction of sp³-hybridized carbons (Fsp3) is 0.500. The number of aromatic nitrogens is 2. The molecule has 0 amide bonds. The Balaban J connectivity index is 1.68. The first-order valence-electron chi connectivity index (χ1n) is 9.55. The van der Waals surface area contributed by atoms with E-state index in [0.29, 0.717) is 24.6 Å². The molecule has 6 nitrogen and oxygen atoms in total. The molecule has 0 bridgehead atoms. The number of carbonyl (C=O) groups is 1. The second-order valence-electron chi connectivity index (χ2n) is 7.09. The first-order valence-corrected chi connectivity index (χ1v) is 11.0. The Bertz CT molecular complexity index is 879. The van der Waals surface area contributed by atoms with Crippen LogP contribution in [0.2, 0.25) is 0 Å². The van der Waals surface area contributed by atoms with E-state index in [1.54, 1.807) is 16.4 Å². The number of ketones is 1. The van der Waals surface area contributed by atoms with Crippen LogP contribution in [0.1, 0.15) is 61.6 Å². The average molecular weight is 390 g/mol. The minimum Gasteiger partial charge on any atom is -0.335 e. The molecule has 146 valence electrons. The summed E-state index contributed by atoms with van der Waals surface area (Å²) in [5.41, 5.74) is 0.520. The molecule has 0 radical (unpaired) electrons. The maximum absolute atomic E-state index is 12.9. The average Bonchev–Trinajstić information content (AvgIpc) is 3.15. The van der Waals surface area contributed by atoms with Crippen LogP contribution in [0.3, 0.4) is 0 Å². The zero-order chi connectivity index (χ0) is 19.4. The highest BCUT2D eigenvalue weighted by molar-refractivity contribution is 7.89. The van der Waals surface area contributed by atoms with Crippen molar-refractivity contribution in [1.29, 1.82) is 0 Å². The zero-order valence-corrected chi connectivity index (χ0v) is 16.8. The van der Waals surface area contributed by atoms with Crippen molar-refractivity contribution in [2.24, 2.45) is 0 Å². The Morgan fingerprint density at radius 3 is 2.44 bits per heavy atom. The molecule has 1 aromatic carbocycles. The highest BCUT2D eigenvalue weighted by atomic mass is 32.2. The van der Waals surface area contributed by atoms with Gasteiger partial charge in [-0.2, -0.15) is 4.31 Å². The van der Waals surface area contributed by atoms with E-state index in [2.05, 4.69) is 16.5 Å². The third-order valence-corrected chi connectivity index (χ3v) is 7.13. The molecular weight excluding hydrogens is 362 g/mol. The molecule has 1 aliphatic heterocycles. The first kappa shape index (κ1) is 19.8. The normalized spacial score (nSPS) is 16.5. The van der Waals surface area contributed by atoms with Crippen LogP contribution in [0.25, 0.3) is 0 Å². The zero-order valence-electron chi connectivity index (χ0n) is 16.0. The van der Waals surface area contributed by atoms with E-state index in [0.717, 1.165) is 38.1 Å². The topological polar surface area (TPSA) is 72.3 Å². The largest absolute Gasteiger partial charge is 0.335 e. The summed E-state index contributed by atoms with van der Waals surface area (Å²) < 4.78 is 29.5. The molecule has 2 aromatic rings. The number of Topliss-reactive ketones (excluding diaryl/α,β-unsaturated/α-hetero) is 1. The molecule has 1 aromatic heterocycles. The molecular formula is C20H27N3O3S. The molecule has 0 N–H and O–H groups in total. The number of aryl methyl sites for hydroxylation is 1. The SMILES string of the molecule is CCCCn1ccnc1C1CCN(S(=O)(=O)c2ccc(C(C)=O)cc2)CC1. The lowest BCUT2D eigenvalue weighted by atomic mass is 9.97. The smallest absolute Gasteiger partial charge is 0.243 e. The molecule has 1 aliphatic rings. The molecule has 0 spiro atoms. The molecule has 1 saturated heterocycles. The summed E-state index contributed by atoms with van der Waals surface area (Å²) in [4.78, 5) is 16.2. The van der Waals surface area contributed by atoms with E-state index < -0.39 is 10.0 Å². The van der Waals surface area contributed by atoms with Gasteiger partial charge in [0, 0.05) is 43.5 Å². The monoisotopic (exact) mass is 389 g/mol. The van der Waals surface area contributed by atoms with E-state index in [1.165, 1.54) is 19.1 Å². The number of piperidine rings is 1. The predicted molar refractivity (Wildman–Crippen MR) is 104 cm³/mol. The summed E-state index contributed by atoms with van der Waals surface area (Å²) in [5.74, 6) is 1.30. The molecule has 0 saturated carbocycles. The summed E-state index contributed by atoms with van der Waals surface area (Å²) in [6.45, 7) is 5.58. The van der Waals surface area contributed by atoms with Crippen LogP contribution >= 0.6 is 0 Å². The second-order valence-corrected chi connectivity index (χ2v) is 9.03. The van der Waals surface area contributed by atoms with Crippen LogP contribution in [0.15, 0.2) is 41.6 Å². The van der Waals surface area contributed by atoms with Crippen LogP contribution in [-0.4, -0.2) is 41.1 Å². The lowest BCUT2D eigenvalue weighted by Gasteiger charge is -2.31. The second kappa shape index (κ2) is 8.35. The van der Waals surface area contributed by atoms with Gasteiger partial charge in [-0.15, -0.1) is 0 Å². The number of carbonyl (C=O) groups excluding carboxylic acids is 1. The Morgan fingerprint density at radius 1 is 1.19 bits per heavy atom. The quantitative estimate of drug-likeness (QED) is 0.680. The summed E-state index contributed by atoms with van der Waals surface area (Å²) in [6, 6.07) is 6.20. The molecule has 2 heterocycles. The fourth-order valence-corrected chi connectivity index (χ4v) is 5.03. The number of sulfonamides is 1. The van der Waals surface area contributed by atoms with E-state index in [9.17, 15) is 13.2 Å². The highest BCUT2D eigenvalue weighted by Crippen LogP contribution is 2.30. The van der Waals surface area contributed by atoms with Crippen molar-refractivity contribution in [2.75, 3.05) is 13.1 Å². The highest BCUT2D eigenvalue weighted by Gasteiger charge is 2.31. The maximum atomic E-state index is 12.9. The van der Waals surface area contributed by atoms with Crippen molar-refractivity contribution < 1.29 is 13.2 Å². The van der Waals surface area contributed by atoms with Gasteiger partial charge in [0.05, 0.1) is 4.90 Å². The van der Waals surface area contributed by atoms with Gasteiger partial charge in [-0.1, -0.05) is 25.5 Å². The van der Waals surface area contributed by atoms with Crippen molar-refractivity contribution in [2.45, 2.75) is 56.9 Å². The minimum atomic E-state index is -3.53. The van der Waals surface area contributed by atoms with Crippen LogP contribution in [0, 0.1) is 0 Å². The molecule has 0 atom stereocenters. The molecule has 3 rings (SSSR count). The van der Waals surface area contributed by atoms with Crippen molar-refractivity contribution in [3.8, 4) is 0 Å². The van der Waals surface area contributed by atoms with Crippen molar-refractivity contribution in [3.05, 3.63) is 48.0 Å². The molecule has 0 unspecified atom stereocenters. The molecule has 7 heteroatoms. The Morgan fingerprint density at radius 2 is 1.85 bits per heavy atom. The number of imidazole rings is 1. The molecule has 27 heavy (non-hydrogen) atoms. The minimum absolute atomic E-state index is 0.0710. The van der Waals surface area contributed by atoms with Crippen LogP contribution in [0.5, 0.6) is 0 Å². The van der Waals surface area contributed by atoms with Gasteiger partial charge in [-0.25, -0.2) is 13.4 Å². The fourth-order valence-electron chi connectivity index (χ4n) is 3.56. The standard InChI is InChI=1S/C20H27N3O3S/c1-3-4-12-22-15-11-21-20(22)18-9-13-23(14-10-18)27(25,26)19-7-5-17(6-8-19)16(2)24/h5-8,11,15,18H,3-4,9-10,12-14H2,1-2H3. The lowest BCUT2D eigenvalue weighted by molar-refractivity contribution is 0.101. The van der Waals surface area contributed by atoms with Crippen LogP contribution in [0.4, 0.5) is 0 Å². The number of hydrogen-bond acceptors (Lipinski definition) is 4. The van der Waals surface area contributed by atoms with Crippen LogP contribution in [-0.2, 0) is 16.6 Å². The third-order valence-electron chi connectivity index (χ3n) is 5.22. The summed E-state index contributed by atoms with van der Waals surface area (Å²) in [6.07, 6.45) is 7.65. The number of benzene rings is 1. The van der Waals surface area contributed by atoms with E-state index >= 15 is 0 Å².